The molecule has 0 radical (unpaired) electrons. The van der Waals surface area contributed by atoms with E-state index in [4.69, 9.17) is 0 Å². The highest BCUT2D eigenvalue weighted by Crippen LogP contribution is 2.22. The van der Waals surface area contributed by atoms with Crippen LogP contribution in [0.1, 0.15) is 28.2 Å². The van der Waals surface area contributed by atoms with Gasteiger partial charge in [-0.25, -0.2) is 0 Å². The van der Waals surface area contributed by atoms with Gasteiger partial charge in [-0.3, -0.25) is 9.59 Å². The Hall–Kier alpha value is -2.18. The zero-order chi connectivity index (χ0) is 16.8. The molecule has 0 aliphatic heterocycles. The largest absolute Gasteiger partial charge is 0.350 e. The van der Waals surface area contributed by atoms with Gasteiger partial charge in [0.05, 0.1) is 6.04 Å². The van der Waals surface area contributed by atoms with Crippen LogP contribution in [0.3, 0.4) is 0 Å². The molecule has 6 heteroatoms. The molecule has 5 nitrogen and oxygen atoms in total. The van der Waals surface area contributed by atoms with Crippen molar-refractivity contribution in [3.8, 4) is 0 Å². The van der Waals surface area contributed by atoms with Gasteiger partial charge in [-0.15, -0.1) is 11.3 Å². The molecule has 0 aliphatic rings. The third-order valence-corrected chi connectivity index (χ3v) is 4.37. The zero-order valence-electron chi connectivity index (χ0n) is 13.5. The average molecular weight is 331 g/mol. The summed E-state index contributed by atoms with van der Waals surface area (Å²) in [5.74, 6) is -0.312. The first-order chi connectivity index (χ1) is 11.0. The summed E-state index contributed by atoms with van der Waals surface area (Å²) in [5.41, 5.74) is 1.15. The number of anilines is 1. The molecule has 0 fully saturated rings. The molecule has 122 valence electrons. The minimum Gasteiger partial charge on any atom is -0.350 e. The van der Waals surface area contributed by atoms with Crippen molar-refractivity contribution in [1.29, 1.82) is 0 Å². The van der Waals surface area contributed by atoms with Crippen molar-refractivity contribution in [3.63, 3.8) is 0 Å². The molecule has 1 heterocycles. The summed E-state index contributed by atoms with van der Waals surface area (Å²) in [4.78, 5) is 26.7. The third-order valence-electron chi connectivity index (χ3n) is 3.40. The van der Waals surface area contributed by atoms with Crippen molar-refractivity contribution in [2.45, 2.75) is 13.0 Å². The number of likely N-dealkylation sites (N-methyl/N-ethyl adjacent to an activating group) is 1. The van der Waals surface area contributed by atoms with E-state index >= 15 is 0 Å². The van der Waals surface area contributed by atoms with Gasteiger partial charge in [-0.1, -0.05) is 12.1 Å². The van der Waals surface area contributed by atoms with Crippen LogP contribution in [-0.2, 0) is 4.79 Å². The van der Waals surface area contributed by atoms with Gasteiger partial charge in [0.15, 0.2) is 0 Å². The first-order valence-corrected chi connectivity index (χ1v) is 8.21. The fourth-order valence-electron chi connectivity index (χ4n) is 2.25. The van der Waals surface area contributed by atoms with Crippen LogP contribution >= 0.6 is 11.3 Å². The maximum Gasteiger partial charge on any atom is 0.251 e. The lowest BCUT2D eigenvalue weighted by atomic mass is 10.1. The summed E-state index contributed by atoms with van der Waals surface area (Å²) in [7, 11) is 3.99. The summed E-state index contributed by atoms with van der Waals surface area (Å²) in [6.45, 7) is 1.96. The lowest BCUT2D eigenvalue weighted by Crippen LogP contribution is -2.34. The minimum absolute atomic E-state index is 0.137. The van der Waals surface area contributed by atoms with Crippen molar-refractivity contribution in [3.05, 3.63) is 52.2 Å². The van der Waals surface area contributed by atoms with E-state index in [1.807, 2.05) is 25.5 Å². The Labute approximate surface area is 140 Å². The van der Waals surface area contributed by atoms with Crippen LogP contribution in [0.5, 0.6) is 0 Å². The van der Waals surface area contributed by atoms with Gasteiger partial charge in [-0.05, 0) is 43.7 Å². The molecule has 2 aromatic rings. The van der Waals surface area contributed by atoms with Crippen molar-refractivity contribution in [2.24, 2.45) is 0 Å². The molecule has 0 aliphatic carbocycles. The summed E-state index contributed by atoms with van der Waals surface area (Å²) >= 11 is 1.68. The SMILES string of the molecule is CC(=O)Nc1cccc(C(=O)NCC(c2cccs2)N(C)C)c1. The second-order valence-electron chi connectivity index (χ2n) is 5.47. The Balaban J connectivity index is 2.02. The monoisotopic (exact) mass is 331 g/mol. The molecule has 2 rings (SSSR count). The molecule has 1 atom stereocenters. The number of amides is 2. The average Bonchev–Trinajstić information content (AvgIpc) is 3.00. The Morgan fingerprint density at radius 1 is 1.22 bits per heavy atom. The van der Waals surface area contributed by atoms with Crippen LogP contribution in [0.15, 0.2) is 41.8 Å². The topological polar surface area (TPSA) is 61.4 Å². The maximum absolute atomic E-state index is 12.3. The lowest BCUT2D eigenvalue weighted by molar-refractivity contribution is -0.114. The quantitative estimate of drug-likeness (QED) is 0.855. The molecule has 1 aromatic carbocycles. The first kappa shape index (κ1) is 17.2. The van der Waals surface area contributed by atoms with E-state index in [-0.39, 0.29) is 17.9 Å². The van der Waals surface area contributed by atoms with E-state index in [1.165, 1.54) is 11.8 Å². The second kappa shape index (κ2) is 7.89. The van der Waals surface area contributed by atoms with Crippen LogP contribution in [-0.4, -0.2) is 37.4 Å². The highest BCUT2D eigenvalue weighted by molar-refractivity contribution is 7.10. The minimum atomic E-state index is -0.159. The summed E-state index contributed by atoms with van der Waals surface area (Å²) in [5, 5.41) is 7.67. The third kappa shape index (κ3) is 4.91. The van der Waals surface area contributed by atoms with Crippen molar-refractivity contribution in [1.82, 2.24) is 10.2 Å². The van der Waals surface area contributed by atoms with Gasteiger partial charge in [0.2, 0.25) is 5.91 Å². The molecule has 0 saturated heterocycles. The summed E-state index contributed by atoms with van der Waals surface area (Å²) in [6.07, 6.45) is 0. The van der Waals surface area contributed by atoms with Crippen LogP contribution in [0.4, 0.5) is 5.69 Å². The van der Waals surface area contributed by atoms with Crippen molar-refractivity contribution < 1.29 is 9.59 Å². The van der Waals surface area contributed by atoms with Gasteiger partial charge in [0.1, 0.15) is 0 Å². The van der Waals surface area contributed by atoms with Crippen molar-refractivity contribution in [2.75, 3.05) is 26.0 Å². The van der Waals surface area contributed by atoms with Crippen LogP contribution in [0.25, 0.3) is 0 Å². The number of rotatable bonds is 6. The second-order valence-corrected chi connectivity index (χ2v) is 6.45. The Bertz CT molecular complexity index is 668. The summed E-state index contributed by atoms with van der Waals surface area (Å²) < 4.78 is 0. The number of thiophene rings is 1. The van der Waals surface area contributed by atoms with Gasteiger partial charge in [0.25, 0.3) is 5.91 Å². The number of carbonyl (C=O) groups is 2. The molecular formula is C17H21N3O2S. The van der Waals surface area contributed by atoms with Gasteiger partial charge in [-0.2, -0.15) is 0 Å². The predicted molar refractivity (Wildman–Crippen MR) is 93.8 cm³/mol. The van der Waals surface area contributed by atoms with Crippen LogP contribution < -0.4 is 10.6 Å². The van der Waals surface area contributed by atoms with E-state index in [0.717, 1.165) is 0 Å². The number of benzene rings is 1. The predicted octanol–water partition coefficient (Wildman–Crippen LogP) is 2.74. The smallest absolute Gasteiger partial charge is 0.251 e. The van der Waals surface area contributed by atoms with E-state index in [1.54, 1.807) is 35.6 Å². The molecule has 2 amide bonds. The molecule has 1 unspecified atom stereocenters. The Kier molecular flexibility index (Phi) is 5.90. The Morgan fingerprint density at radius 2 is 2.00 bits per heavy atom. The molecule has 0 spiro atoms. The standard InChI is InChI=1S/C17H21N3O2S/c1-12(21)19-14-7-4-6-13(10-14)17(22)18-11-15(20(2)3)16-8-5-9-23-16/h4-10,15H,11H2,1-3H3,(H,18,22)(H,19,21). The van der Waals surface area contributed by atoms with E-state index in [0.29, 0.717) is 17.8 Å². The highest BCUT2D eigenvalue weighted by Gasteiger charge is 2.16. The van der Waals surface area contributed by atoms with E-state index < -0.39 is 0 Å². The highest BCUT2D eigenvalue weighted by atomic mass is 32.1. The number of hydrogen-bond acceptors (Lipinski definition) is 4. The summed E-state index contributed by atoms with van der Waals surface area (Å²) in [6, 6.07) is 11.1. The normalized spacial score (nSPS) is 12.0. The van der Waals surface area contributed by atoms with Gasteiger partial charge < -0.3 is 15.5 Å². The molecule has 0 bridgehead atoms. The maximum atomic E-state index is 12.3. The van der Waals surface area contributed by atoms with Crippen molar-refractivity contribution >= 4 is 28.8 Å². The molecule has 2 N–H and O–H groups in total. The van der Waals surface area contributed by atoms with E-state index in [9.17, 15) is 9.59 Å². The fourth-order valence-corrected chi connectivity index (χ4v) is 3.17. The lowest BCUT2D eigenvalue weighted by Gasteiger charge is -2.23. The molecule has 1 aromatic heterocycles. The van der Waals surface area contributed by atoms with E-state index in [2.05, 4.69) is 21.6 Å². The van der Waals surface area contributed by atoms with Crippen LogP contribution in [0, 0.1) is 0 Å². The van der Waals surface area contributed by atoms with Gasteiger partial charge in [0, 0.05) is 29.6 Å². The number of nitrogens with zero attached hydrogens (tertiary/aromatic N) is 1. The first-order valence-electron chi connectivity index (χ1n) is 7.33. The fraction of sp³-hybridized carbons (Fsp3) is 0.294. The Morgan fingerprint density at radius 3 is 2.61 bits per heavy atom. The number of hydrogen-bond donors (Lipinski definition) is 2. The molecular weight excluding hydrogens is 310 g/mol. The number of nitrogens with one attached hydrogen (secondary N) is 2. The molecule has 23 heavy (non-hydrogen) atoms. The number of carbonyl (C=O) groups excluding carboxylic acids is 2. The van der Waals surface area contributed by atoms with Crippen LogP contribution in [0.2, 0.25) is 0 Å². The zero-order valence-corrected chi connectivity index (χ0v) is 14.3. The molecule has 0 saturated carbocycles. The van der Waals surface area contributed by atoms with Gasteiger partial charge >= 0.3 is 0 Å².